The van der Waals surface area contributed by atoms with Crippen molar-refractivity contribution in [1.82, 2.24) is 9.78 Å². The van der Waals surface area contributed by atoms with Crippen molar-refractivity contribution in [3.63, 3.8) is 0 Å². The van der Waals surface area contributed by atoms with Gasteiger partial charge in [-0.05, 0) is 50.7 Å². The molecule has 0 aliphatic rings. The minimum absolute atomic E-state index is 0.00822. The van der Waals surface area contributed by atoms with Crippen LogP contribution in [0.15, 0.2) is 29.0 Å². The van der Waals surface area contributed by atoms with Crippen molar-refractivity contribution in [3.8, 4) is 0 Å². The van der Waals surface area contributed by atoms with Gasteiger partial charge in [-0.2, -0.15) is 5.10 Å². The molecule has 0 atom stereocenters. The summed E-state index contributed by atoms with van der Waals surface area (Å²) in [5.74, 6) is -1.14. The maximum absolute atomic E-state index is 13.6. The summed E-state index contributed by atoms with van der Waals surface area (Å²) in [6, 6.07) is 2.58. The SMILES string of the molecule is Fc1ccc(Br)c(F)c1Cn1cc(I)cn1. The number of hydrogen-bond acceptors (Lipinski definition) is 1. The van der Waals surface area contributed by atoms with E-state index in [1.165, 1.54) is 16.8 Å². The van der Waals surface area contributed by atoms with E-state index in [1.807, 2.05) is 0 Å². The topological polar surface area (TPSA) is 17.8 Å². The molecule has 1 heterocycles. The first-order valence-electron chi connectivity index (χ1n) is 4.38. The second kappa shape index (κ2) is 4.79. The fraction of sp³-hybridized carbons (Fsp3) is 0.100. The number of benzene rings is 1. The number of nitrogens with zero attached hydrogens (tertiary/aromatic N) is 2. The van der Waals surface area contributed by atoms with Gasteiger partial charge < -0.3 is 0 Å². The van der Waals surface area contributed by atoms with Crippen molar-refractivity contribution in [3.05, 3.63) is 49.8 Å². The Bertz CT molecular complexity index is 528. The zero-order chi connectivity index (χ0) is 11.7. The monoisotopic (exact) mass is 398 g/mol. The standard InChI is InChI=1S/C10H6BrF2IN2/c11-8-1-2-9(12)7(10(8)13)5-16-4-6(14)3-15-16/h1-4H,5H2. The van der Waals surface area contributed by atoms with Gasteiger partial charge in [-0.25, -0.2) is 8.78 Å². The van der Waals surface area contributed by atoms with E-state index in [2.05, 4.69) is 43.6 Å². The molecule has 1 aromatic carbocycles. The predicted molar refractivity (Wildman–Crippen MR) is 68.1 cm³/mol. The van der Waals surface area contributed by atoms with Crippen LogP contribution in [0.3, 0.4) is 0 Å². The first-order valence-corrected chi connectivity index (χ1v) is 6.25. The summed E-state index contributed by atoms with van der Waals surface area (Å²) >= 11 is 5.11. The van der Waals surface area contributed by atoms with E-state index in [0.717, 1.165) is 3.57 Å². The highest BCUT2D eigenvalue weighted by Gasteiger charge is 2.13. The fourth-order valence-corrected chi connectivity index (χ4v) is 2.12. The van der Waals surface area contributed by atoms with Crippen molar-refractivity contribution < 1.29 is 8.78 Å². The number of aromatic nitrogens is 2. The van der Waals surface area contributed by atoms with Crippen molar-refractivity contribution in [1.29, 1.82) is 0 Å². The fourth-order valence-electron chi connectivity index (χ4n) is 1.30. The molecule has 6 heteroatoms. The molecule has 0 spiro atoms. The third-order valence-corrected chi connectivity index (χ3v) is 3.23. The molecule has 2 aromatic rings. The molecule has 0 fully saturated rings. The molecule has 2 nitrogen and oxygen atoms in total. The molecular formula is C10H6BrF2IN2. The Kier molecular flexibility index (Phi) is 3.58. The van der Waals surface area contributed by atoms with Gasteiger partial charge in [0.15, 0.2) is 0 Å². The lowest BCUT2D eigenvalue weighted by Gasteiger charge is -2.06. The molecule has 0 saturated heterocycles. The normalized spacial score (nSPS) is 10.8. The lowest BCUT2D eigenvalue weighted by atomic mass is 10.2. The molecule has 0 radical (unpaired) electrons. The highest BCUT2D eigenvalue weighted by Crippen LogP contribution is 2.22. The Balaban J connectivity index is 2.37. The number of halogens is 4. The van der Waals surface area contributed by atoms with Crippen molar-refractivity contribution in [2.24, 2.45) is 0 Å². The summed E-state index contributed by atoms with van der Waals surface area (Å²) in [7, 11) is 0. The molecule has 0 aliphatic heterocycles. The lowest BCUT2D eigenvalue weighted by molar-refractivity contribution is 0.529. The van der Waals surface area contributed by atoms with Gasteiger partial charge in [-0.1, -0.05) is 0 Å². The van der Waals surface area contributed by atoms with E-state index >= 15 is 0 Å². The van der Waals surface area contributed by atoms with Gasteiger partial charge in [0.25, 0.3) is 0 Å². The van der Waals surface area contributed by atoms with Crippen LogP contribution in [0.5, 0.6) is 0 Å². The average molecular weight is 399 g/mol. The van der Waals surface area contributed by atoms with Crippen molar-refractivity contribution >= 4 is 38.5 Å². The van der Waals surface area contributed by atoms with Gasteiger partial charge in [0, 0.05) is 11.8 Å². The van der Waals surface area contributed by atoms with Gasteiger partial charge in [-0.3, -0.25) is 4.68 Å². The smallest absolute Gasteiger partial charge is 0.145 e. The second-order valence-electron chi connectivity index (χ2n) is 3.18. The van der Waals surface area contributed by atoms with E-state index in [1.54, 1.807) is 12.4 Å². The molecule has 0 saturated carbocycles. The largest absolute Gasteiger partial charge is 0.267 e. The van der Waals surface area contributed by atoms with E-state index in [4.69, 9.17) is 0 Å². The van der Waals surface area contributed by atoms with Crippen LogP contribution in [0.4, 0.5) is 8.78 Å². The van der Waals surface area contributed by atoms with E-state index in [-0.39, 0.29) is 16.6 Å². The van der Waals surface area contributed by atoms with Crippen LogP contribution < -0.4 is 0 Å². The minimum atomic E-state index is -0.578. The Morgan fingerprint density at radius 1 is 1.38 bits per heavy atom. The Morgan fingerprint density at radius 3 is 2.75 bits per heavy atom. The third kappa shape index (κ3) is 2.42. The molecule has 0 bridgehead atoms. The summed E-state index contributed by atoms with van der Waals surface area (Å²) < 4.78 is 29.7. The Hall–Kier alpha value is -0.500. The lowest BCUT2D eigenvalue weighted by Crippen LogP contribution is -2.05. The molecule has 84 valence electrons. The zero-order valence-corrected chi connectivity index (χ0v) is 11.7. The van der Waals surface area contributed by atoms with Crippen molar-refractivity contribution in [2.75, 3.05) is 0 Å². The maximum atomic E-state index is 13.6. The number of rotatable bonds is 2. The van der Waals surface area contributed by atoms with Crippen molar-refractivity contribution in [2.45, 2.75) is 6.54 Å². The van der Waals surface area contributed by atoms with Crippen LogP contribution in [-0.2, 0) is 6.54 Å². The molecule has 1 aromatic heterocycles. The van der Waals surface area contributed by atoms with Crippen LogP contribution in [0, 0.1) is 15.2 Å². The van der Waals surface area contributed by atoms with Gasteiger partial charge in [-0.15, -0.1) is 0 Å². The average Bonchev–Trinajstić information content (AvgIpc) is 2.65. The molecule has 0 N–H and O–H groups in total. The highest BCUT2D eigenvalue weighted by atomic mass is 127. The van der Waals surface area contributed by atoms with Crippen LogP contribution in [-0.4, -0.2) is 9.78 Å². The quantitative estimate of drug-likeness (QED) is 0.558. The van der Waals surface area contributed by atoms with Crippen LogP contribution in [0.25, 0.3) is 0 Å². The van der Waals surface area contributed by atoms with Gasteiger partial charge in [0.1, 0.15) is 11.6 Å². The molecule has 16 heavy (non-hydrogen) atoms. The molecule has 2 rings (SSSR count). The highest BCUT2D eigenvalue weighted by molar-refractivity contribution is 14.1. The molecular weight excluding hydrogens is 393 g/mol. The van der Waals surface area contributed by atoms with Gasteiger partial charge in [0.2, 0.25) is 0 Å². The van der Waals surface area contributed by atoms with Gasteiger partial charge >= 0.3 is 0 Å². The van der Waals surface area contributed by atoms with Crippen LogP contribution in [0.1, 0.15) is 5.56 Å². The summed E-state index contributed by atoms with van der Waals surface area (Å²) in [5.41, 5.74) is 0.00822. The predicted octanol–water partition coefficient (Wildman–Crippen LogP) is 3.58. The third-order valence-electron chi connectivity index (χ3n) is 2.06. The zero-order valence-electron chi connectivity index (χ0n) is 7.92. The molecule has 0 aliphatic carbocycles. The first kappa shape index (κ1) is 12.0. The second-order valence-corrected chi connectivity index (χ2v) is 5.28. The summed E-state index contributed by atoms with van der Waals surface area (Å²) in [5, 5.41) is 3.98. The first-order chi connectivity index (χ1) is 7.58. The van der Waals surface area contributed by atoms with Gasteiger partial charge in [0.05, 0.1) is 20.8 Å². The summed E-state index contributed by atoms with van der Waals surface area (Å²) in [4.78, 5) is 0. The van der Waals surface area contributed by atoms with E-state index < -0.39 is 11.6 Å². The molecule has 0 amide bonds. The minimum Gasteiger partial charge on any atom is -0.267 e. The van der Waals surface area contributed by atoms with E-state index in [0.29, 0.717) is 0 Å². The van der Waals surface area contributed by atoms with Crippen LogP contribution >= 0.6 is 38.5 Å². The Labute approximate surface area is 113 Å². The maximum Gasteiger partial charge on any atom is 0.145 e. The summed E-state index contributed by atoms with van der Waals surface area (Å²) in [6.07, 6.45) is 3.36. The van der Waals surface area contributed by atoms with Crippen LogP contribution in [0.2, 0.25) is 0 Å². The Morgan fingerprint density at radius 2 is 2.12 bits per heavy atom. The van der Waals surface area contributed by atoms with E-state index in [9.17, 15) is 8.78 Å². The summed E-state index contributed by atoms with van der Waals surface area (Å²) in [6.45, 7) is 0.0834. The number of hydrogen-bond donors (Lipinski definition) is 0. The molecule has 0 unspecified atom stereocenters.